The van der Waals surface area contributed by atoms with Gasteiger partial charge < -0.3 is 18.6 Å². The molecule has 4 rings (SSSR count). The van der Waals surface area contributed by atoms with Crippen molar-refractivity contribution in [2.45, 2.75) is 11.8 Å². The standard InChI is InChI=1S/C26H22ClNO8S/c1-15-8-9-17(26(30)35-14-20(29)24-10-16-6-4-5-7-21(16)36-24)11-25(15)37(31,32)28-19-12-18(27)22(33-2)13-23(19)34-3/h4-13,28H,14H2,1-3H3. The Morgan fingerprint density at radius 2 is 1.70 bits per heavy atom. The van der Waals surface area contributed by atoms with Gasteiger partial charge in [-0.1, -0.05) is 35.9 Å². The lowest BCUT2D eigenvalue weighted by molar-refractivity contribution is 0.0468. The summed E-state index contributed by atoms with van der Waals surface area (Å²) >= 11 is 6.15. The molecule has 0 aliphatic rings. The maximum atomic E-state index is 13.2. The summed E-state index contributed by atoms with van der Waals surface area (Å²) in [5, 5.41) is 0.914. The van der Waals surface area contributed by atoms with E-state index in [4.69, 9.17) is 30.2 Å². The highest BCUT2D eigenvalue weighted by Crippen LogP contribution is 2.37. The number of hydrogen-bond donors (Lipinski definition) is 1. The number of sulfonamides is 1. The van der Waals surface area contributed by atoms with Gasteiger partial charge in [0.25, 0.3) is 10.0 Å². The van der Waals surface area contributed by atoms with Gasteiger partial charge in [-0.3, -0.25) is 9.52 Å². The number of nitrogens with one attached hydrogen (secondary N) is 1. The zero-order valence-electron chi connectivity index (χ0n) is 20.0. The summed E-state index contributed by atoms with van der Waals surface area (Å²) in [5.41, 5.74) is 0.939. The molecule has 0 fully saturated rings. The molecule has 1 heterocycles. The van der Waals surface area contributed by atoms with Crippen LogP contribution in [-0.2, 0) is 14.8 Å². The van der Waals surface area contributed by atoms with Crippen molar-refractivity contribution in [1.82, 2.24) is 0 Å². The average Bonchev–Trinajstić information content (AvgIpc) is 3.32. The number of anilines is 1. The van der Waals surface area contributed by atoms with Gasteiger partial charge in [-0.15, -0.1) is 0 Å². The Balaban J connectivity index is 1.52. The van der Waals surface area contributed by atoms with Crippen molar-refractivity contribution in [3.63, 3.8) is 0 Å². The highest BCUT2D eigenvalue weighted by atomic mass is 35.5. The van der Waals surface area contributed by atoms with Gasteiger partial charge in [-0.2, -0.15) is 0 Å². The molecule has 1 N–H and O–H groups in total. The molecule has 3 aromatic carbocycles. The summed E-state index contributed by atoms with van der Waals surface area (Å²) in [6.07, 6.45) is 0. The van der Waals surface area contributed by atoms with Gasteiger partial charge in [0.2, 0.25) is 5.78 Å². The van der Waals surface area contributed by atoms with Gasteiger partial charge in [-0.25, -0.2) is 13.2 Å². The quantitative estimate of drug-likeness (QED) is 0.224. The highest BCUT2D eigenvalue weighted by molar-refractivity contribution is 7.92. The molecule has 1 aromatic heterocycles. The van der Waals surface area contributed by atoms with E-state index in [0.717, 1.165) is 5.39 Å². The number of carbonyl (C=O) groups excluding carboxylic acids is 2. The van der Waals surface area contributed by atoms with Crippen LogP contribution in [0.1, 0.15) is 26.5 Å². The van der Waals surface area contributed by atoms with E-state index in [2.05, 4.69) is 4.72 Å². The van der Waals surface area contributed by atoms with E-state index in [1.165, 1.54) is 44.6 Å². The number of aryl methyl sites for hydroxylation is 1. The van der Waals surface area contributed by atoms with Crippen LogP contribution in [-0.4, -0.2) is 41.0 Å². The predicted octanol–water partition coefficient (Wildman–Crippen LogP) is 5.25. The third kappa shape index (κ3) is 5.55. The van der Waals surface area contributed by atoms with Crippen LogP contribution in [0.5, 0.6) is 11.5 Å². The second kappa shape index (κ2) is 10.5. The molecule has 0 unspecified atom stereocenters. The Labute approximate surface area is 217 Å². The first-order chi connectivity index (χ1) is 17.6. The van der Waals surface area contributed by atoms with E-state index in [1.807, 2.05) is 6.07 Å². The van der Waals surface area contributed by atoms with Gasteiger partial charge in [-0.05, 0) is 42.8 Å². The lowest BCUT2D eigenvalue weighted by atomic mass is 10.1. The number of ether oxygens (including phenoxy) is 3. The summed E-state index contributed by atoms with van der Waals surface area (Å²) in [7, 11) is -1.39. The van der Waals surface area contributed by atoms with Gasteiger partial charge >= 0.3 is 5.97 Å². The summed E-state index contributed by atoms with van der Waals surface area (Å²) in [4.78, 5) is 24.9. The van der Waals surface area contributed by atoms with Gasteiger partial charge in [0.1, 0.15) is 17.1 Å². The van der Waals surface area contributed by atoms with E-state index in [9.17, 15) is 18.0 Å². The molecule has 0 bridgehead atoms. The van der Waals surface area contributed by atoms with Gasteiger partial charge in [0.15, 0.2) is 12.4 Å². The minimum atomic E-state index is -4.18. The summed E-state index contributed by atoms with van der Waals surface area (Å²) in [6, 6.07) is 15.5. The first kappa shape index (κ1) is 26.1. The molecule has 0 amide bonds. The number of Topliss-reactive ketones (excluding diaryl/α,β-unsaturated/α-hetero) is 1. The third-order valence-electron chi connectivity index (χ3n) is 5.47. The van der Waals surface area contributed by atoms with Crippen molar-refractivity contribution in [1.29, 1.82) is 0 Å². The maximum Gasteiger partial charge on any atom is 0.338 e. The molecular weight excluding hydrogens is 522 g/mol. The van der Waals surface area contributed by atoms with Gasteiger partial charge in [0, 0.05) is 11.5 Å². The fourth-order valence-electron chi connectivity index (χ4n) is 3.56. The van der Waals surface area contributed by atoms with E-state index in [1.54, 1.807) is 31.2 Å². The van der Waals surface area contributed by atoms with Crippen molar-refractivity contribution >= 4 is 50.0 Å². The molecule has 0 saturated carbocycles. The lowest BCUT2D eigenvalue weighted by Gasteiger charge is -2.15. The van der Waals surface area contributed by atoms with Gasteiger partial charge in [0.05, 0.1) is 35.4 Å². The Bertz CT molecular complexity index is 1580. The Morgan fingerprint density at radius 1 is 0.973 bits per heavy atom. The van der Waals surface area contributed by atoms with Crippen molar-refractivity contribution < 1.29 is 36.6 Å². The van der Waals surface area contributed by atoms with Crippen LogP contribution < -0.4 is 14.2 Å². The SMILES string of the molecule is COc1cc(OC)c(NS(=O)(=O)c2cc(C(=O)OCC(=O)c3cc4ccccc4o3)ccc2C)cc1Cl. The van der Waals surface area contributed by atoms with Crippen LogP contribution in [0.15, 0.2) is 70.0 Å². The fraction of sp³-hybridized carbons (Fsp3) is 0.154. The topological polar surface area (TPSA) is 121 Å². The van der Waals surface area contributed by atoms with Crippen molar-refractivity contribution in [2.75, 3.05) is 25.5 Å². The first-order valence-electron chi connectivity index (χ1n) is 10.9. The van der Waals surface area contributed by atoms with Crippen molar-refractivity contribution in [3.8, 4) is 11.5 Å². The number of benzene rings is 3. The maximum absolute atomic E-state index is 13.2. The molecule has 0 spiro atoms. The van der Waals surface area contributed by atoms with Crippen LogP contribution in [0.2, 0.25) is 5.02 Å². The van der Waals surface area contributed by atoms with Crippen molar-refractivity contribution in [3.05, 3.63) is 82.6 Å². The van der Waals surface area contributed by atoms with Crippen LogP contribution in [0.3, 0.4) is 0 Å². The minimum absolute atomic E-state index is 0.0527. The zero-order valence-corrected chi connectivity index (χ0v) is 21.6. The number of hydrogen-bond acceptors (Lipinski definition) is 8. The Kier molecular flexibility index (Phi) is 7.42. The molecule has 192 valence electrons. The fourth-order valence-corrected chi connectivity index (χ4v) is 5.13. The number of esters is 1. The predicted molar refractivity (Wildman–Crippen MR) is 137 cm³/mol. The number of carbonyl (C=O) groups is 2. The summed E-state index contributed by atoms with van der Waals surface area (Å²) in [6.45, 7) is 1.00. The monoisotopic (exact) mass is 543 g/mol. The first-order valence-corrected chi connectivity index (χ1v) is 12.7. The average molecular weight is 544 g/mol. The number of para-hydroxylation sites is 1. The lowest BCUT2D eigenvalue weighted by Crippen LogP contribution is -2.17. The smallest absolute Gasteiger partial charge is 0.338 e. The number of methoxy groups -OCH3 is 2. The highest BCUT2D eigenvalue weighted by Gasteiger charge is 2.23. The normalized spacial score (nSPS) is 11.2. The molecule has 4 aromatic rings. The van der Waals surface area contributed by atoms with Crippen LogP contribution >= 0.6 is 11.6 Å². The molecule has 9 nitrogen and oxygen atoms in total. The van der Waals surface area contributed by atoms with E-state index in [-0.39, 0.29) is 32.7 Å². The molecule has 0 aliphatic carbocycles. The molecule has 11 heteroatoms. The second-order valence-electron chi connectivity index (χ2n) is 7.92. The molecule has 0 atom stereocenters. The molecule has 0 saturated heterocycles. The summed E-state index contributed by atoms with van der Waals surface area (Å²) < 4.78 is 49.8. The van der Waals surface area contributed by atoms with Crippen LogP contribution in [0.25, 0.3) is 11.0 Å². The van der Waals surface area contributed by atoms with E-state index >= 15 is 0 Å². The largest absolute Gasteiger partial charge is 0.495 e. The number of furan rings is 1. The number of fused-ring (bicyclic) bond motifs is 1. The third-order valence-corrected chi connectivity index (χ3v) is 7.27. The van der Waals surface area contributed by atoms with E-state index < -0.39 is 28.4 Å². The number of halogens is 1. The number of rotatable bonds is 9. The summed E-state index contributed by atoms with van der Waals surface area (Å²) in [5.74, 6) is -0.861. The zero-order chi connectivity index (χ0) is 26.7. The second-order valence-corrected chi connectivity index (χ2v) is 9.98. The molecule has 37 heavy (non-hydrogen) atoms. The Morgan fingerprint density at radius 3 is 2.41 bits per heavy atom. The number of ketones is 1. The van der Waals surface area contributed by atoms with E-state index in [0.29, 0.717) is 16.9 Å². The molecule has 0 aliphatic heterocycles. The Hall–Kier alpha value is -4.02. The van der Waals surface area contributed by atoms with Crippen LogP contribution in [0, 0.1) is 6.92 Å². The van der Waals surface area contributed by atoms with Crippen molar-refractivity contribution in [2.24, 2.45) is 0 Å². The minimum Gasteiger partial charge on any atom is -0.495 e. The molecule has 0 radical (unpaired) electrons. The van der Waals surface area contributed by atoms with Crippen LogP contribution in [0.4, 0.5) is 5.69 Å². The molecular formula is C26H22ClNO8S.